The molecule has 2 aromatic rings. The van der Waals surface area contributed by atoms with Gasteiger partial charge in [-0.1, -0.05) is 79.2 Å². The number of hydrogen-bond acceptors (Lipinski definition) is 13. The number of primary amides is 1. The lowest BCUT2D eigenvalue weighted by molar-refractivity contribution is -0.158. The van der Waals surface area contributed by atoms with Crippen LogP contribution in [0.25, 0.3) is 0 Å². The molecule has 2 fully saturated rings. The molecule has 3 aliphatic carbocycles. The largest absolute Gasteiger partial charge is 0.530 e. The number of nitrogens with two attached hydrogens (primary N) is 2. The van der Waals surface area contributed by atoms with Crippen molar-refractivity contribution in [2.24, 2.45) is 34.8 Å². The molecule has 0 aliphatic heterocycles. The summed E-state index contributed by atoms with van der Waals surface area (Å²) < 4.78 is 44.1. The summed E-state index contributed by atoms with van der Waals surface area (Å²) in [7, 11) is -3.89. The van der Waals surface area contributed by atoms with Crippen molar-refractivity contribution in [1.29, 1.82) is 0 Å². The highest BCUT2D eigenvalue weighted by Crippen LogP contribution is 2.62. The number of rotatable bonds is 26. The van der Waals surface area contributed by atoms with Crippen LogP contribution < -0.4 is 20.7 Å². The van der Waals surface area contributed by atoms with Crippen molar-refractivity contribution in [3.05, 3.63) is 47.0 Å². The van der Waals surface area contributed by atoms with Crippen LogP contribution in [0.2, 0.25) is 0 Å². The van der Waals surface area contributed by atoms with Crippen LogP contribution >= 0.6 is 7.82 Å². The third-order valence-corrected chi connectivity index (χ3v) is 15.9. The van der Waals surface area contributed by atoms with Gasteiger partial charge < -0.3 is 40.8 Å². The number of fused-ring (bicyclic) bond motifs is 5. The van der Waals surface area contributed by atoms with E-state index in [-0.39, 0.29) is 60.5 Å². The molecule has 15 heteroatoms. The number of nitrogen functional groups attached to an aromatic ring is 1. The fraction of sp³-hybridized carbons (Fsp3) is 0.694. The lowest BCUT2D eigenvalue weighted by Crippen LogP contribution is -2.45. The van der Waals surface area contributed by atoms with E-state index in [1.165, 1.54) is 23.3 Å². The summed E-state index contributed by atoms with van der Waals surface area (Å²) in [6.07, 6.45) is 10.1. The van der Waals surface area contributed by atoms with Gasteiger partial charge in [0.1, 0.15) is 23.2 Å². The standard InChI is InChI=1S/C49H75N2O12P/c1-6-10-12-31(8-3)29-59-64(58,60-30-32(9-4)13-11-7-2)63-34-15-17-35-33(28-34)14-16-37-36(35)26-27-49(5)38(37)18-23-43(49)62-45(55)25-21-41(53)40(52)20-24-44(54)61-42-22-19-39(50)47(56)46(42)48(51)57/h15,17,19,22,28,31-32,36-38,40-41,43,52-53,56H,6-14,16,18,20-21,23-27,29-30,50H2,1-5H3,(H2,51,57). The zero-order valence-corrected chi connectivity index (χ0v) is 39.7. The number of aliphatic hydroxyl groups excluding tert-OH is 2. The SMILES string of the molecule is CCCCC(CC)COP(=O)(OCC(CC)CCCC)Oc1ccc2c(c1)CCC1C2CCC2(C)C(OC(=O)CCC(O)C(O)CCC(=O)Oc3ccc(N)c(O)c3C(N)=O)CCC12. The van der Waals surface area contributed by atoms with Gasteiger partial charge in [0.2, 0.25) is 0 Å². The van der Waals surface area contributed by atoms with Gasteiger partial charge in [-0.3, -0.25) is 23.4 Å². The maximum absolute atomic E-state index is 14.3. The molecule has 14 nitrogen and oxygen atoms in total. The molecule has 64 heavy (non-hydrogen) atoms. The predicted molar refractivity (Wildman–Crippen MR) is 245 cm³/mol. The van der Waals surface area contributed by atoms with Crippen molar-refractivity contribution in [3.63, 3.8) is 0 Å². The van der Waals surface area contributed by atoms with Crippen molar-refractivity contribution >= 4 is 31.4 Å². The predicted octanol–water partition coefficient (Wildman–Crippen LogP) is 9.68. The minimum atomic E-state index is -3.89. The minimum absolute atomic E-state index is 0.0586. The first-order valence-corrected chi connectivity index (χ1v) is 25.4. The van der Waals surface area contributed by atoms with Crippen molar-refractivity contribution in [2.45, 2.75) is 174 Å². The summed E-state index contributed by atoms with van der Waals surface area (Å²) in [6, 6.07) is 8.57. The van der Waals surface area contributed by atoms with E-state index in [2.05, 4.69) is 40.7 Å². The summed E-state index contributed by atoms with van der Waals surface area (Å²) in [6.45, 7) is 11.5. The molecular formula is C49H75N2O12P. The fourth-order valence-electron chi connectivity index (χ4n) is 10.4. The Hall–Kier alpha value is -3.68. The number of phenols is 1. The number of aliphatic hydroxyl groups is 2. The highest BCUT2D eigenvalue weighted by Gasteiger charge is 2.56. The second kappa shape index (κ2) is 23.7. The zero-order chi connectivity index (χ0) is 46.6. The van der Waals surface area contributed by atoms with Crippen LogP contribution in [0.3, 0.4) is 0 Å². The second-order valence-corrected chi connectivity index (χ2v) is 20.4. The third kappa shape index (κ3) is 13.0. The summed E-state index contributed by atoms with van der Waals surface area (Å²) in [4.78, 5) is 37.5. The topological polar surface area (TPSA) is 227 Å². The Balaban J connectivity index is 1.13. The number of benzene rings is 2. The molecule has 0 aromatic heterocycles. The van der Waals surface area contributed by atoms with Crippen LogP contribution in [0.15, 0.2) is 30.3 Å². The number of unbranched alkanes of at least 4 members (excludes halogenated alkanes) is 2. The number of ether oxygens (including phenoxy) is 2. The van der Waals surface area contributed by atoms with Crippen LogP contribution in [0.1, 0.15) is 171 Å². The molecule has 2 aromatic carbocycles. The molecule has 9 atom stereocenters. The van der Waals surface area contributed by atoms with Crippen molar-refractivity contribution in [1.82, 2.24) is 0 Å². The Kier molecular flexibility index (Phi) is 19.0. The van der Waals surface area contributed by atoms with Crippen molar-refractivity contribution < 1.29 is 57.3 Å². The summed E-state index contributed by atoms with van der Waals surface area (Å²) >= 11 is 0. The van der Waals surface area contributed by atoms with E-state index in [4.69, 9.17) is 34.5 Å². The Morgan fingerprint density at radius 1 is 0.844 bits per heavy atom. The molecule has 9 unspecified atom stereocenters. The number of aromatic hydroxyl groups is 1. The number of amides is 1. The Morgan fingerprint density at radius 3 is 2.06 bits per heavy atom. The summed E-state index contributed by atoms with van der Waals surface area (Å²) in [5, 5.41) is 31.3. The zero-order valence-electron chi connectivity index (χ0n) is 38.8. The van der Waals surface area contributed by atoms with E-state index >= 15 is 0 Å². The van der Waals surface area contributed by atoms with Gasteiger partial charge in [0.05, 0.1) is 31.1 Å². The highest BCUT2D eigenvalue weighted by atomic mass is 31.2. The number of anilines is 1. The van der Waals surface area contributed by atoms with Crippen molar-refractivity contribution in [2.75, 3.05) is 18.9 Å². The fourth-order valence-corrected chi connectivity index (χ4v) is 11.7. The third-order valence-electron chi connectivity index (χ3n) is 14.5. The molecule has 1 amide bonds. The Bertz CT molecular complexity index is 1900. The van der Waals surface area contributed by atoms with Crippen molar-refractivity contribution in [3.8, 4) is 17.2 Å². The molecule has 0 radical (unpaired) electrons. The maximum Gasteiger partial charge on any atom is 0.530 e. The Labute approximate surface area is 380 Å². The normalized spacial score (nSPS) is 24.2. The lowest BCUT2D eigenvalue weighted by atomic mass is 9.55. The number of phosphoric ester groups is 1. The first kappa shape index (κ1) is 51.3. The summed E-state index contributed by atoms with van der Waals surface area (Å²) in [5.41, 5.74) is 12.7. The van der Waals surface area contributed by atoms with E-state index in [1.807, 2.05) is 12.1 Å². The average molecular weight is 915 g/mol. The number of phosphoric acid groups is 1. The molecule has 0 heterocycles. The lowest BCUT2D eigenvalue weighted by Gasteiger charge is -2.50. The van der Waals surface area contributed by atoms with Gasteiger partial charge in [-0.2, -0.15) is 0 Å². The number of aryl methyl sites for hydroxylation is 1. The van der Waals surface area contributed by atoms with Crippen LogP contribution in [0, 0.1) is 29.1 Å². The van der Waals surface area contributed by atoms with E-state index in [0.717, 1.165) is 89.9 Å². The van der Waals surface area contributed by atoms with Gasteiger partial charge in [0, 0.05) is 18.3 Å². The van der Waals surface area contributed by atoms with Crippen LogP contribution in [0.4, 0.5) is 5.69 Å². The quantitative estimate of drug-likeness (QED) is 0.0195. The van der Waals surface area contributed by atoms with E-state index < -0.39 is 49.2 Å². The van der Waals surface area contributed by atoms with Gasteiger partial charge in [-0.25, -0.2) is 4.57 Å². The molecule has 358 valence electrons. The monoisotopic (exact) mass is 915 g/mol. The van der Waals surface area contributed by atoms with E-state index in [1.54, 1.807) is 0 Å². The van der Waals surface area contributed by atoms with Gasteiger partial charge in [-0.15, -0.1) is 0 Å². The molecule has 2 saturated carbocycles. The first-order chi connectivity index (χ1) is 30.6. The summed E-state index contributed by atoms with van der Waals surface area (Å²) in [5.74, 6) is -0.947. The molecule has 0 saturated heterocycles. The number of carbonyl (C=O) groups is 3. The van der Waals surface area contributed by atoms with Gasteiger partial charge in [0.15, 0.2) is 5.75 Å². The van der Waals surface area contributed by atoms with Crippen LogP contribution in [0.5, 0.6) is 17.2 Å². The first-order valence-electron chi connectivity index (χ1n) is 23.9. The maximum atomic E-state index is 14.3. The van der Waals surface area contributed by atoms with Gasteiger partial charge in [-0.05, 0) is 129 Å². The number of carbonyl (C=O) groups excluding carboxylic acids is 3. The van der Waals surface area contributed by atoms with Crippen LogP contribution in [-0.2, 0) is 34.4 Å². The highest BCUT2D eigenvalue weighted by molar-refractivity contribution is 7.48. The van der Waals surface area contributed by atoms with Gasteiger partial charge >= 0.3 is 19.8 Å². The van der Waals surface area contributed by atoms with Gasteiger partial charge in [0.25, 0.3) is 5.91 Å². The van der Waals surface area contributed by atoms with Crippen LogP contribution in [-0.4, -0.2) is 64.7 Å². The molecule has 3 aliphatic rings. The number of hydrogen-bond donors (Lipinski definition) is 5. The molecule has 0 spiro atoms. The molecular weight excluding hydrogens is 840 g/mol. The molecule has 0 bridgehead atoms. The average Bonchev–Trinajstić information content (AvgIpc) is 3.61. The minimum Gasteiger partial charge on any atom is -0.505 e. The molecule has 5 rings (SSSR count). The smallest absolute Gasteiger partial charge is 0.505 e. The number of esters is 2. The Morgan fingerprint density at radius 2 is 1.47 bits per heavy atom. The van der Waals surface area contributed by atoms with E-state index in [9.17, 15) is 34.3 Å². The molecule has 7 N–H and O–H groups in total. The second-order valence-electron chi connectivity index (χ2n) is 18.8. The van der Waals surface area contributed by atoms with E-state index in [0.29, 0.717) is 36.7 Å².